The maximum Gasteiger partial charge on any atom is 0.270 e. The second-order valence-electron chi connectivity index (χ2n) is 4.63. The van der Waals surface area contributed by atoms with E-state index in [4.69, 9.17) is 0 Å². The molecule has 3 aromatic rings. The van der Waals surface area contributed by atoms with Crippen LogP contribution in [0.5, 0.6) is 5.75 Å². The first-order valence-corrected chi connectivity index (χ1v) is 6.60. The van der Waals surface area contributed by atoms with E-state index in [0.29, 0.717) is 5.82 Å². The van der Waals surface area contributed by atoms with Crippen molar-refractivity contribution in [2.24, 2.45) is 5.10 Å². The predicted molar refractivity (Wildman–Crippen MR) is 83.3 cm³/mol. The summed E-state index contributed by atoms with van der Waals surface area (Å²) in [7, 11) is 0. The molecule has 0 radical (unpaired) electrons. The van der Waals surface area contributed by atoms with Crippen LogP contribution in [0.3, 0.4) is 0 Å². The Balaban J connectivity index is 1.86. The van der Waals surface area contributed by atoms with E-state index in [1.165, 1.54) is 12.3 Å². The normalized spacial score (nSPS) is 11.0. The van der Waals surface area contributed by atoms with Crippen molar-refractivity contribution in [2.75, 3.05) is 5.43 Å². The number of hydrogen-bond donors (Lipinski definition) is 1. The van der Waals surface area contributed by atoms with Gasteiger partial charge in [0.1, 0.15) is 0 Å². The second kappa shape index (κ2) is 6.06. The van der Waals surface area contributed by atoms with Crippen molar-refractivity contribution < 1.29 is 10.0 Å². The van der Waals surface area contributed by atoms with Crippen molar-refractivity contribution in [3.8, 4) is 5.75 Å². The SMILES string of the molecule is O=[N+]([O-])c1ccc([O-])c(/C=N\Nc2nncc3ccccc23)c1. The Hall–Kier alpha value is -3.55. The summed E-state index contributed by atoms with van der Waals surface area (Å²) in [6.45, 7) is 0. The van der Waals surface area contributed by atoms with Gasteiger partial charge in [-0.3, -0.25) is 15.5 Å². The molecule has 0 saturated heterocycles. The summed E-state index contributed by atoms with van der Waals surface area (Å²) in [6.07, 6.45) is 2.85. The number of hydrazone groups is 1. The maximum atomic E-state index is 11.7. The highest BCUT2D eigenvalue weighted by Crippen LogP contribution is 2.21. The molecule has 23 heavy (non-hydrogen) atoms. The lowest BCUT2D eigenvalue weighted by Gasteiger charge is -2.08. The van der Waals surface area contributed by atoms with Gasteiger partial charge in [-0.15, -0.1) is 5.10 Å². The number of rotatable bonds is 4. The van der Waals surface area contributed by atoms with E-state index in [0.717, 1.165) is 22.9 Å². The number of anilines is 1. The third kappa shape index (κ3) is 3.05. The first-order chi connectivity index (χ1) is 11.1. The van der Waals surface area contributed by atoms with Gasteiger partial charge in [0.15, 0.2) is 5.82 Å². The van der Waals surface area contributed by atoms with Gasteiger partial charge in [-0.05, 0) is 5.56 Å². The van der Waals surface area contributed by atoms with Gasteiger partial charge in [0.2, 0.25) is 0 Å². The highest BCUT2D eigenvalue weighted by molar-refractivity contribution is 5.91. The lowest BCUT2D eigenvalue weighted by molar-refractivity contribution is -0.385. The number of nitrogens with zero attached hydrogens (tertiary/aromatic N) is 4. The summed E-state index contributed by atoms with van der Waals surface area (Å²) in [5.74, 6) is 0.0717. The van der Waals surface area contributed by atoms with Crippen LogP contribution < -0.4 is 10.5 Å². The number of benzene rings is 2. The molecule has 0 fully saturated rings. The molecule has 114 valence electrons. The average molecular weight is 308 g/mol. The number of fused-ring (bicyclic) bond motifs is 1. The zero-order chi connectivity index (χ0) is 16.2. The van der Waals surface area contributed by atoms with E-state index in [9.17, 15) is 15.2 Å². The standard InChI is InChI=1S/C15H11N5O3/c21-14-6-5-12(20(22)23)7-11(14)9-17-19-15-13-4-2-1-3-10(13)8-16-18-15/h1-9,21H,(H,18,19)/p-1/b17-9-. The minimum atomic E-state index is -0.569. The molecule has 0 aliphatic carbocycles. The van der Waals surface area contributed by atoms with Crippen LogP contribution in [0.15, 0.2) is 53.8 Å². The molecule has 8 nitrogen and oxygen atoms in total. The molecule has 8 heteroatoms. The van der Waals surface area contributed by atoms with Gasteiger partial charge in [0.25, 0.3) is 5.69 Å². The number of nitro benzene ring substituents is 1. The molecule has 3 rings (SSSR count). The Bertz CT molecular complexity index is 905. The van der Waals surface area contributed by atoms with Crippen molar-refractivity contribution >= 4 is 28.5 Å². The predicted octanol–water partition coefficient (Wildman–Crippen LogP) is 2.06. The Morgan fingerprint density at radius 1 is 1.22 bits per heavy atom. The topological polar surface area (TPSA) is 116 Å². The molecule has 0 aliphatic rings. The van der Waals surface area contributed by atoms with Crippen LogP contribution in [-0.4, -0.2) is 21.3 Å². The maximum absolute atomic E-state index is 11.7. The van der Waals surface area contributed by atoms with Crippen molar-refractivity contribution in [1.29, 1.82) is 0 Å². The highest BCUT2D eigenvalue weighted by atomic mass is 16.6. The number of nitro groups is 1. The van der Waals surface area contributed by atoms with Crippen LogP contribution in [0, 0.1) is 10.1 Å². The Kier molecular flexibility index (Phi) is 3.79. The van der Waals surface area contributed by atoms with Crippen molar-refractivity contribution in [3.05, 3.63) is 64.3 Å². The van der Waals surface area contributed by atoms with E-state index in [-0.39, 0.29) is 17.0 Å². The molecule has 0 saturated carbocycles. The molecular weight excluding hydrogens is 298 g/mol. The van der Waals surface area contributed by atoms with Crippen molar-refractivity contribution in [1.82, 2.24) is 10.2 Å². The van der Waals surface area contributed by atoms with Gasteiger partial charge in [-0.25, -0.2) is 0 Å². The second-order valence-corrected chi connectivity index (χ2v) is 4.63. The van der Waals surface area contributed by atoms with Crippen molar-refractivity contribution in [2.45, 2.75) is 0 Å². The monoisotopic (exact) mass is 308 g/mol. The fraction of sp³-hybridized carbons (Fsp3) is 0. The molecule has 0 spiro atoms. The van der Waals surface area contributed by atoms with E-state index < -0.39 is 4.92 Å². The molecule has 1 N–H and O–H groups in total. The quantitative estimate of drug-likeness (QED) is 0.448. The number of hydrogen-bond acceptors (Lipinski definition) is 7. The van der Waals surface area contributed by atoms with Crippen LogP contribution in [0.1, 0.15) is 5.56 Å². The average Bonchev–Trinajstić information content (AvgIpc) is 2.56. The van der Waals surface area contributed by atoms with Crippen molar-refractivity contribution in [3.63, 3.8) is 0 Å². The minimum Gasteiger partial charge on any atom is -0.872 e. The Labute approximate surface area is 130 Å². The zero-order valence-corrected chi connectivity index (χ0v) is 11.7. The molecule has 0 amide bonds. The highest BCUT2D eigenvalue weighted by Gasteiger charge is 2.05. The first kappa shape index (κ1) is 14.4. The van der Waals surface area contributed by atoms with Gasteiger partial charge >= 0.3 is 0 Å². The third-order valence-corrected chi connectivity index (χ3v) is 3.15. The fourth-order valence-corrected chi connectivity index (χ4v) is 2.02. The van der Waals surface area contributed by atoms with Gasteiger partial charge in [-0.2, -0.15) is 10.2 Å². The molecular formula is C15H10N5O3-. The summed E-state index contributed by atoms with van der Waals surface area (Å²) < 4.78 is 0. The van der Waals surface area contributed by atoms with Crippen LogP contribution >= 0.6 is 0 Å². The number of nitrogens with one attached hydrogen (secondary N) is 1. The van der Waals surface area contributed by atoms with Crippen LogP contribution in [0.4, 0.5) is 11.5 Å². The Morgan fingerprint density at radius 3 is 2.87 bits per heavy atom. The summed E-state index contributed by atoms with van der Waals surface area (Å²) >= 11 is 0. The smallest absolute Gasteiger partial charge is 0.270 e. The molecule has 1 heterocycles. The van der Waals surface area contributed by atoms with Crippen LogP contribution in [0.25, 0.3) is 10.8 Å². The Morgan fingerprint density at radius 2 is 2.04 bits per heavy atom. The molecule has 0 unspecified atom stereocenters. The summed E-state index contributed by atoms with van der Waals surface area (Å²) in [6, 6.07) is 10.9. The van der Waals surface area contributed by atoms with E-state index in [2.05, 4.69) is 20.7 Å². The number of non-ortho nitro benzene ring substituents is 1. The molecule has 0 atom stereocenters. The van der Waals surface area contributed by atoms with Crippen LogP contribution in [0.2, 0.25) is 0 Å². The molecule has 1 aromatic heterocycles. The molecule has 0 bridgehead atoms. The third-order valence-electron chi connectivity index (χ3n) is 3.15. The van der Waals surface area contributed by atoms with Gasteiger partial charge in [0, 0.05) is 22.9 Å². The lowest BCUT2D eigenvalue weighted by Crippen LogP contribution is -2.00. The van der Waals surface area contributed by atoms with Gasteiger partial charge in [0.05, 0.1) is 17.3 Å². The molecule has 2 aromatic carbocycles. The van der Waals surface area contributed by atoms with Crippen LogP contribution in [-0.2, 0) is 0 Å². The van der Waals surface area contributed by atoms with Gasteiger partial charge in [-0.1, -0.05) is 36.1 Å². The summed E-state index contributed by atoms with van der Waals surface area (Å²) in [5.41, 5.74) is 2.64. The molecule has 0 aliphatic heterocycles. The summed E-state index contributed by atoms with van der Waals surface area (Å²) in [4.78, 5) is 10.2. The van der Waals surface area contributed by atoms with Gasteiger partial charge < -0.3 is 5.11 Å². The lowest BCUT2D eigenvalue weighted by atomic mass is 10.2. The fourth-order valence-electron chi connectivity index (χ4n) is 2.02. The largest absolute Gasteiger partial charge is 0.872 e. The first-order valence-electron chi connectivity index (χ1n) is 6.60. The summed E-state index contributed by atoms with van der Waals surface area (Å²) in [5, 5.41) is 35.8. The van der Waals surface area contributed by atoms with E-state index in [1.54, 1.807) is 6.20 Å². The number of aromatic nitrogens is 2. The minimum absolute atomic E-state index is 0.111. The van der Waals surface area contributed by atoms with E-state index in [1.807, 2.05) is 24.3 Å². The zero-order valence-electron chi connectivity index (χ0n) is 11.7. The van der Waals surface area contributed by atoms with E-state index >= 15 is 0 Å².